The Balaban J connectivity index is 1.60. The molecule has 1 aromatic carbocycles. The zero-order valence-corrected chi connectivity index (χ0v) is 15.2. The molecule has 1 fully saturated rings. The van der Waals surface area contributed by atoms with Crippen molar-refractivity contribution in [2.75, 3.05) is 25.0 Å². The number of halogens is 3. The summed E-state index contributed by atoms with van der Waals surface area (Å²) in [5.74, 6) is 0.168. The first-order valence-corrected chi connectivity index (χ1v) is 9.09. The normalized spacial score (nSPS) is 15.3. The Morgan fingerprint density at radius 2 is 2.00 bits per heavy atom. The molecule has 0 saturated carbocycles. The summed E-state index contributed by atoms with van der Waals surface area (Å²) < 4.78 is 38.8. The van der Waals surface area contributed by atoms with Crippen molar-refractivity contribution in [1.82, 2.24) is 15.1 Å². The molecule has 1 saturated heterocycles. The molecule has 2 heterocycles. The Hall–Kier alpha value is -2.35. The number of hydrogen-bond acceptors (Lipinski definition) is 3. The van der Waals surface area contributed by atoms with Gasteiger partial charge in [0.25, 0.3) is 0 Å². The van der Waals surface area contributed by atoms with Crippen molar-refractivity contribution < 1.29 is 18.0 Å². The van der Waals surface area contributed by atoms with Gasteiger partial charge in [0, 0.05) is 18.1 Å². The highest BCUT2D eigenvalue weighted by Crippen LogP contribution is 2.33. The number of anilines is 1. The first-order valence-electron chi connectivity index (χ1n) is 9.09. The Bertz CT molecular complexity index is 794. The molecule has 2 N–H and O–H groups in total. The third-order valence-corrected chi connectivity index (χ3v) is 4.78. The molecular formula is C19H23F3N4O. The average molecular weight is 380 g/mol. The fourth-order valence-electron chi connectivity index (χ4n) is 3.29. The number of aromatic nitrogens is 2. The van der Waals surface area contributed by atoms with Crippen LogP contribution in [-0.4, -0.2) is 40.6 Å². The first-order chi connectivity index (χ1) is 12.8. The van der Waals surface area contributed by atoms with E-state index in [1.807, 2.05) is 0 Å². The Kier molecular flexibility index (Phi) is 5.84. The zero-order chi connectivity index (χ0) is 19.4. The molecule has 1 aliphatic rings. The summed E-state index contributed by atoms with van der Waals surface area (Å²) in [6.45, 7) is 4.83. The number of likely N-dealkylation sites (tertiary alicyclic amines) is 1. The Labute approximate surface area is 155 Å². The van der Waals surface area contributed by atoms with Gasteiger partial charge in [-0.1, -0.05) is 6.07 Å². The van der Waals surface area contributed by atoms with E-state index in [2.05, 4.69) is 20.4 Å². The lowest BCUT2D eigenvalue weighted by Gasteiger charge is -2.13. The topological polar surface area (TPSA) is 61.0 Å². The van der Waals surface area contributed by atoms with Crippen LogP contribution >= 0.6 is 0 Å². The van der Waals surface area contributed by atoms with Crippen LogP contribution in [-0.2, 0) is 11.0 Å². The summed E-state index contributed by atoms with van der Waals surface area (Å²) in [5.41, 5.74) is 0.818. The van der Waals surface area contributed by atoms with Gasteiger partial charge >= 0.3 is 6.18 Å². The molecule has 0 bridgehead atoms. The number of hydrogen-bond donors (Lipinski definition) is 2. The molecule has 27 heavy (non-hydrogen) atoms. The van der Waals surface area contributed by atoms with Crippen LogP contribution in [0.2, 0.25) is 0 Å². The largest absolute Gasteiger partial charge is 0.416 e. The minimum absolute atomic E-state index is 0.145. The van der Waals surface area contributed by atoms with Gasteiger partial charge in [-0.25, -0.2) is 0 Å². The van der Waals surface area contributed by atoms with Crippen molar-refractivity contribution in [2.45, 2.75) is 38.8 Å². The summed E-state index contributed by atoms with van der Waals surface area (Å²) in [6.07, 6.45) is -0.805. The Morgan fingerprint density at radius 1 is 1.26 bits per heavy atom. The van der Waals surface area contributed by atoms with E-state index in [4.69, 9.17) is 0 Å². The summed E-state index contributed by atoms with van der Waals surface area (Å²) in [5, 5.41) is 9.41. The maximum Gasteiger partial charge on any atom is 0.416 e. The lowest BCUT2D eigenvalue weighted by Crippen LogP contribution is -2.22. The van der Waals surface area contributed by atoms with Crippen molar-refractivity contribution >= 4 is 11.7 Å². The molecule has 1 amide bonds. The van der Waals surface area contributed by atoms with Crippen molar-refractivity contribution in [1.29, 1.82) is 0 Å². The molecule has 0 spiro atoms. The second kappa shape index (κ2) is 8.12. The smallest absolute Gasteiger partial charge is 0.309 e. The van der Waals surface area contributed by atoms with E-state index < -0.39 is 11.7 Å². The number of aryl methyl sites for hydroxylation is 1. The standard InChI is InChI=1S/C19H23F3N4O/c1-13-6-7-14(19(20,21)22)11-15(13)16-12-17(25-24-16)23-18(27)5-4-10-26-8-2-3-9-26/h6-7,11-12H,2-5,8-10H2,1H3,(H2,23,24,25,27). The predicted molar refractivity (Wildman–Crippen MR) is 97.3 cm³/mol. The molecule has 0 atom stereocenters. The summed E-state index contributed by atoms with van der Waals surface area (Å²) in [6, 6.07) is 5.12. The third-order valence-electron chi connectivity index (χ3n) is 4.78. The van der Waals surface area contributed by atoms with Crippen LogP contribution in [0.25, 0.3) is 11.3 Å². The van der Waals surface area contributed by atoms with Gasteiger partial charge in [-0.05, 0) is 63.5 Å². The summed E-state index contributed by atoms with van der Waals surface area (Å²) in [7, 11) is 0. The van der Waals surface area contributed by atoms with E-state index in [0.29, 0.717) is 29.1 Å². The maximum absolute atomic E-state index is 12.9. The summed E-state index contributed by atoms with van der Waals surface area (Å²) in [4.78, 5) is 14.4. The number of nitrogens with zero attached hydrogens (tertiary/aromatic N) is 2. The van der Waals surface area contributed by atoms with Gasteiger partial charge in [-0.3, -0.25) is 9.89 Å². The molecule has 0 aliphatic carbocycles. The number of benzene rings is 1. The Morgan fingerprint density at radius 3 is 2.70 bits per heavy atom. The predicted octanol–water partition coefficient (Wildman–Crippen LogP) is 4.22. The van der Waals surface area contributed by atoms with Crippen LogP contribution in [0.1, 0.15) is 36.8 Å². The summed E-state index contributed by atoms with van der Waals surface area (Å²) >= 11 is 0. The van der Waals surface area contributed by atoms with Gasteiger partial charge in [0.1, 0.15) is 0 Å². The van der Waals surface area contributed by atoms with Gasteiger partial charge in [0.15, 0.2) is 5.82 Å². The molecule has 8 heteroatoms. The van der Waals surface area contributed by atoms with Crippen molar-refractivity contribution in [2.24, 2.45) is 0 Å². The number of amides is 1. The number of alkyl halides is 3. The molecular weight excluding hydrogens is 357 g/mol. The maximum atomic E-state index is 12.9. The lowest BCUT2D eigenvalue weighted by atomic mass is 10.0. The van der Waals surface area contributed by atoms with Crippen LogP contribution in [0, 0.1) is 6.92 Å². The van der Waals surface area contributed by atoms with E-state index >= 15 is 0 Å². The van der Waals surface area contributed by atoms with E-state index in [1.165, 1.54) is 18.9 Å². The van der Waals surface area contributed by atoms with E-state index in [1.54, 1.807) is 13.0 Å². The average Bonchev–Trinajstić information content (AvgIpc) is 3.26. The van der Waals surface area contributed by atoms with Crippen molar-refractivity contribution in [3.05, 3.63) is 35.4 Å². The second-order valence-corrected chi connectivity index (χ2v) is 6.89. The monoisotopic (exact) mass is 380 g/mol. The van der Waals surface area contributed by atoms with Crippen LogP contribution in [0.15, 0.2) is 24.3 Å². The highest BCUT2D eigenvalue weighted by molar-refractivity contribution is 5.90. The minimum Gasteiger partial charge on any atom is -0.309 e. The van der Waals surface area contributed by atoms with Crippen molar-refractivity contribution in [3.63, 3.8) is 0 Å². The fourth-order valence-corrected chi connectivity index (χ4v) is 3.29. The number of carbonyl (C=O) groups excluding carboxylic acids is 1. The number of carbonyl (C=O) groups is 1. The molecule has 0 unspecified atom stereocenters. The van der Waals surface area contributed by atoms with Gasteiger partial charge in [-0.2, -0.15) is 18.3 Å². The quantitative estimate of drug-likeness (QED) is 0.789. The molecule has 1 aliphatic heterocycles. The molecule has 1 aromatic heterocycles. The first kappa shape index (κ1) is 19.4. The SMILES string of the molecule is Cc1ccc(C(F)(F)F)cc1-c1cc(NC(=O)CCCN2CCCC2)n[nH]1. The van der Waals surface area contributed by atoms with Gasteiger partial charge in [0.05, 0.1) is 11.3 Å². The van der Waals surface area contributed by atoms with E-state index in [9.17, 15) is 18.0 Å². The molecule has 0 radical (unpaired) electrons. The van der Waals surface area contributed by atoms with Gasteiger partial charge in [0.2, 0.25) is 5.91 Å². The molecule has 5 nitrogen and oxygen atoms in total. The van der Waals surface area contributed by atoms with E-state index in [-0.39, 0.29) is 5.91 Å². The van der Waals surface area contributed by atoms with Crippen molar-refractivity contribution in [3.8, 4) is 11.3 Å². The van der Waals surface area contributed by atoms with Crippen LogP contribution < -0.4 is 5.32 Å². The highest BCUT2D eigenvalue weighted by Gasteiger charge is 2.31. The zero-order valence-electron chi connectivity index (χ0n) is 15.2. The lowest BCUT2D eigenvalue weighted by molar-refractivity contribution is -0.137. The number of rotatable bonds is 6. The number of H-pyrrole nitrogens is 1. The highest BCUT2D eigenvalue weighted by atomic mass is 19.4. The van der Waals surface area contributed by atoms with Crippen LogP contribution in [0.3, 0.4) is 0 Å². The fraction of sp³-hybridized carbons (Fsp3) is 0.474. The molecule has 2 aromatic rings. The van der Waals surface area contributed by atoms with Gasteiger partial charge < -0.3 is 10.2 Å². The molecule has 3 rings (SSSR count). The number of nitrogens with one attached hydrogen (secondary N) is 2. The number of aromatic amines is 1. The van der Waals surface area contributed by atoms with E-state index in [0.717, 1.165) is 38.2 Å². The second-order valence-electron chi connectivity index (χ2n) is 6.89. The van der Waals surface area contributed by atoms with Gasteiger partial charge in [-0.15, -0.1) is 0 Å². The minimum atomic E-state index is -4.41. The third kappa shape index (κ3) is 5.09. The molecule has 146 valence electrons. The van der Waals surface area contributed by atoms with Crippen LogP contribution in [0.4, 0.5) is 19.0 Å². The van der Waals surface area contributed by atoms with Crippen LogP contribution in [0.5, 0.6) is 0 Å².